The lowest BCUT2D eigenvalue weighted by Gasteiger charge is -2.10. The number of para-hydroxylation sites is 1. The molecular weight excluding hydrogens is 353 g/mol. The zero-order valence-electron chi connectivity index (χ0n) is 13.9. The second-order valence-corrected chi connectivity index (χ2v) is 5.87. The van der Waals surface area contributed by atoms with Crippen molar-refractivity contribution in [1.82, 2.24) is 15.0 Å². The van der Waals surface area contributed by atoms with E-state index in [1.54, 1.807) is 12.3 Å². The van der Waals surface area contributed by atoms with Crippen LogP contribution in [0.15, 0.2) is 73.2 Å². The van der Waals surface area contributed by atoms with Gasteiger partial charge in [0.2, 0.25) is 0 Å². The van der Waals surface area contributed by atoms with E-state index in [1.165, 1.54) is 18.5 Å². The highest BCUT2D eigenvalue weighted by Crippen LogP contribution is 2.31. The van der Waals surface area contributed by atoms with Crippen LogP contribution in [-0.4, -0.2) is 15.0 Å². The third-order valence-corrected chi connectivity index (χ3v) is 4.07. The molecule has 7 heteroatoms. The van der Waals surface area contributed by atoms with E-state index >= 15 is 0 Å². The normalized spacial score (nSPS) is 11.5. The monoisotopic (exact) mass is 366 g/mol. The molecule has 4 rings (SSSR count). The Kier molecular flexibility index (Phi) is 4.19. The highest BCUT2D eigenvalue weighted by atomic mass is 19.4. The van der Waals surface area contributed by atoms with E-state index in [-0.39, 0.29) is 0 Å². The van der Waals surface area contributed by atoms with Crippen molar-refractivity contribution in [2.45, 2.75) is 6.18 Å². The molecule has 0 saturated carbocycles. The number of rotatable bonds is 3. The maximum Gasteiger partial charge on any atom is 0.416 e. The minimum absolute atomic E-state index is 0.523. The third kappa shape index (κ3) is 3.57. The van der Waals surface area contributed by atoms with Gasteiger partial charge in [0.05, 0.1) is 22.5 Å². The van der Waals surface area contributed by atoms with Gasteiger partial charge in [-0.2, -0.15) is 13.2 Å². The second kappa shape index (κ2) is 6.68. The van der Waals surface area contributed by atoms with E-state index < -0.39 is 11.7 Å². The fraction of sp³-hybridized carbons (Fsp3) is 0.0500. The van der Waals surface area contributed by atoms with Gasteiger partial charge in [0.25, 0.3) is 0 Å². The standard InChI is InChI=1S/C20H13F3N4/c21-20(22,23)15-8-6-13(7-9-15)17-11-18(26-12-25-17)27-16-5-1-3-14-4-2-10-24-19(14)16/h1-12H,(H,25,26,27). The fourth-order valence-corrected chi connectivity index (χ4v) is 2.76. The van der Waals surface area contributed by atoms with Gasteiger partial charge < -0.3 is 5.32 Å². The molecule has 0 aliphatic heterocycles. The molecule has 4 aromatic rings. The molecule has 2 aromatic heterocycles. The van der Waals surface area contributed by atoms with Gasteiger partial charge in [-0.05, 0) is 24.3 Å². The Hall–Kier alpha value is -3.48. The van der Waals surface area contributed by atoms with Crippen LogP contribution in [0.5, 0.6) is 0 Å². The Bertz CT molecular complexity index is 1090. The van der Waals surface area contributed by atoms with Crippen LogP contribution in [0.2, 0.25) is 0 Å². The molecule has 4 nitrogen and oxygen atoms in total. The number of benzene rings is 2. The zero-order chi connectivity index (χ0) is 18.9. The first-order valence-electron chi connectivity index (χ1n) is 8.11. The minimum atomic E-state index is -4.36. The van der Waals surface area contributed by atoms with Crippen molar-refractivity contribution in [2.24, 2.45) is 0 Å². The van der Waals surface area contributed by atoms with Crippen molar-refractivity contribution >= 4 is 22.4 Å². The molecule has 0 aliphatic carbocycles. The largest absolute Gasteiger partial charge is 0.416 e. The number of nitrogens with one attached hydrogen (secondary N) is 1. The first-order valence-corrected chi connectivity index (χ1v) is 8.11. The van der Waals surface area contributed by atoms with Gasteiger partial charge >= 0.3 is 6.18 Å². The molecule has 0 unspecified atom stereocenters. The molecule has 0 atom stereocenters. The van der Waals surface area contributed by atoms with Crippen LogP contribution in [0, 0.1) is 0 Å². The van der Waals surface area contributed by atoms with Crippen molar-refractivity contribution in [1.29, 1.82) is 0 Å². The zero-order valence-corrected chi connectivity index (χ0v) is 13.9. The summed E-state index contributed by atoms with van der Waals surface area (Å²) in [7, 11) is 0. The number of anilines is 2. The molecule has 0 saturated heterocycles. The predicted molar refractivity (Wildman–Crippen MR) is 97.5 cm³/mol. The van der Waals surface area contributed by atoms with E-state index in [9.17, 15) is 13.2 Å². The highest BCUT2D eigenvalue weighted by Gasteiger charge is 2.30. The second-order valence-electron chi connectivity index (χ2n) is 5.87. The summed E-state index contributed by atoms with van der Waals surface area (Å²) in [4.78, 5) is 12.7. The first-order chi connectivity index (χ1) is 13.0. The molecule has 0 bridgehead atoms. The van der Waals surface area contributed by atoms with Crippen molar-refractivity contribution in [3.05, 3.63) is 78.8 Å². The Morgan fingerprint density at radius 1 is 0.815 bits per heavy atom. The number of hydrogen-bond acceptors (Lipinski definition) is 4. The number of alkyl halides is 3. The number of nitrogens with zero attached hydrogens (tertiary/aromatic N) is 3. The van der Waals surface area contributed by atoms with Crippen LogP contribution in [0.25, 0.3) is 22.2 Å². The van der Waals surface area contributed by atoms with E-state index in [4.69, 9.17) is 0 Å². The summed E-state index contributed by atoms with van der Waals surface area (Å²) in [6.07, 6.45) is -1.28. The van der Waals surface area contributed by atoms with Crippen LogP contribution < -0.4 is 5.32 Å². The number of pyridine rings is 1. The van der Waals surface area contributed by atoms with Gasteiger partial charge in [-0.25, -0.2) is 9.97 Å². The van der Waals surface area contributed by atoms with Crippen molar-refractivity contribution < 1.29 is 13.2 Å². The quantitative estimate of drug-likeness (QED) is 0.523. The van der Waals surface area contributed by atoms with Gasteiger partial charge in [0.15, 0.2) is 0 Å². The Morgan fingerprint density at radius 3 is 2.37 bits per heavy atom. The molecule has 1 N–H and O–H groups in total. The molecule has 0 aliphatic rings. The Labute approximate surface area is 152 Å². The molecule has 0 fully saturated rings. The molecule has 0 amide bonds. The van der Waals surface area contributed by atoms with Crippen molar-refractivity contribution in [3.8, 4) is 11.3 Å². The number of fused-ring (bicyclic) bond motifs is 1. The maximum atomic E-state index is 12.7. The van der Waals surface area contributed by atoms with Gasteiger partial charge in [-0.15, -0.1) is 0 Å². The summed E-state index contributed by atoms with van der Waals surface area (Å²) in [5.74, 6) is 0.526. The lowest BCUT2D eigenvalue weighted by Crippen LogP contribution is -2.04. The summed E-state index contributed by atoms with van der Waals surface area (Å²) < 4.78 is 38.1. The lowest BCUT2D eigenvalue weighted by molar-refractivity contribution is -0.137. The summed E-state index contributed by atoms with van der Waals surface area (Å²) in [6, 6.07) is 16.1. The molecule has 2 heterocycles. The van der Waals surface area contributed by atoms with Crippen molar-refractivity contribution in [2.75, 3.05) is 5.32 Å². The van der Waals surface area contributed by atoms with E-state index in [2.05, 4.69) is 20.3 Å². The fourth-order valence-electron chi connectivity index (χ4n) is 2.76. The number of aromatic nitrogens is 3. The lowest BCUT2D eigenvalue weighted by atomic mass is 10.1. The predicted octanol–water partition coefficient (Wildman–Crippen LogP) is 5.45. The first kappa shape index (κ1) is 17.0. The minimum Gasteiger partial charge on any atom is -0.338 e. The van der Waals surface area contributed by atoms with E-state index in [0.717, 1.165) is 28.7 Å². The molecule has 134 valence electrons. The maximum absolute atomic E-state index is 12.7. The number of halogens is 3. The van der Waals surface area contributed by atoms with E-state index in [0.29, 0.717) is 17.1 Å². The molecule has 27 heavy (non-hydrogen) atoms. The van der Waals surface area contributed by atoms with E-state index in [1.807, 2.05) is 30.3 Å². The van der Waals surface area contributed by atoms with Crippen LogP contribution in [0.1, 0.15) is 5.56 Å². The summed E-state index contributed by atoms with van der Waals surface area (Å²) >= 11 is 0. The number of hydrogen-bond donors (Lipinski definition) is 1. The topological polar surface area (TPSA) is 50.7 Å². The van der Waals surface area contributed by atoms with Crippen molar-refractivity contribution in [3.63, 3.8) is 0 Å². The summed E-state index contributed by atoms with van der Waals surface area (Å²) in [5.41, 5.74) is 1.99. The van der Waals surface area contributed by atoms with Crippen LogP contribution in [0.3, 0.4) is 0 Å². The molecule has 0 radical (unpaired) electrons. The Morgan fingerprint density at radius 2 is 1.59 bits per heavy atom. The van der Waals surface area contributed by atoms with Gasteiger partial charge in [-0.1, -0.05) is 30.3 Å². The SMILES string of the molecule is FC(F)(F)c1ccc(-c2cc(Nc3cccc4cccnc34)ncn2)cc1. The average molecular weight is 366 g/mol. The van der Waals surface area contributed by atoms with Crippen LogP contribution >= 0.6 is 0 Å². The summed E-state index contributed by atoms with van der Waals surface area (Å²) in [5, 5.41) is 4.18. The van der Waals surface area contributed by atoms with Gasteiger partial charge in [-0.3, -0.25) is 4.98 Å². The third-order valence-electron chi connectivity index (χ3n) is 4.07. The molecule has 2 aromatic carbocycles. The summed E-state index contributed by atoms with van der Waals surface area (Å²) in [6.45, 7) is 0. The van der Waals surface area contributed by atoms with Gasteiger partial charge in [0.1, 0.15) is 12.1 Å². The van der Waals surface area contributed by atoms with Gasteiger partial charge in [0, 0.05) is 23.2 Å². The highest BCUT2D eigenvalue weighted by molar-refractivity contribution is 5.91. The smallest absolute Gasteiger partial charge is 0.338 e. The molecular formula is C20H13F3N4. The Balaban J connectivity index is 1.65. The average Bonchev–Trinajstić information content (AvgIpc) is 2.68. The van der Waals surface area contributed by atoms with Crippen LogP contribution in [-0.2, 0) is 6.18 Å². The molecule has 0 spiro atoms. The van der Waals surface area contributed by atoms with Crippen LogP contribution in [0.4, 0.5) is 24.7 Å².